The highest BCUT2D eigenvalue weighted by atomic mass is 16.5. The summed E-state index contributed by atoms with van der Waals surface area (Å²) in [7, 11) is 1.38. The van der Waals surface area contributed by atoms with E-state index < -0.39 is 11.2 Å². The number of para-hydroxylation sites is 1. The van der Waals surface area contributed by atoms with Crippen molar-refractivity contribution in [3.05, 3.63) is 62.4 Å². The topological polar surface area (TPSA) is 93.2 Å². The molecule has 1 aliphatic rings. The van der Waals surface area contributed by atoms with Gasteiger partial charge in [0.15, 0.2) is 0 Å². The average molecular weight is 343 g/mol. The molecule has 132 valence electrons. The number of hydrogen-bond donors (Lipinski definition) is 2. The van der Waals surface area contributed by atoms with E-state index >= 15 is 0 Å². The van der Waals surface area contributed by atoms with E-state index in [1.807, 2.05) is 24.3 Å². The third-order valence-electron chi connectivity index (χ3n) is 4.46. The van der Waals surface area contributed by atoms with E-state index in [1.165, 1.54) is 13.2 Å². The molecule has 3 rings (SSSR count). The summed E-state index contributed by atoms with van der Waals surface area (Å²) in [4.78, 5) is 37.9. The fourth-order valence-electron chi connectivity index (χ4n) is 2.97. The molecule has 0 radical (unpaired) electrons. The van der Waals surface area contributed by atoms with Gasteiger partial charge in [0.05, 0.1) is 13.0 Å². The molecule has 1 aromatic carbocycles. The monoisotopic (exact) mass is 343 g/mol. The first-order chi connectivity index (χ1) is 12.0. The average Bonchev–Trinajstić information content (AvgIpc) is 2.82. The molecular weight excluding hydrogens is 322 g/mol. The smallest absolute Gasteiger partial charge is 0.328 e. The van der Waals surface area contributed by atoms with Crippen molar-refractivity contribution in [2.45, 2.75) is 19.3 Å². The lowest BCUT2D eigenvalue weighted by molar-refractivity contribution is -0.120. The molecule has 1 unspecified atom stereocenters. The Morgan fingerprint density at radius 1 is 1.36 bits per heavy atom. The zero-order valence-electron chi connectivity index (χ0n) is 14.1. The van der Waals surface area contributed by atoms with E-state index in [4.69, 9.17) is 4.74 Å². The molecule has 7 nitrogen and oxygen atoms in total. The predicted molar refractivity (Wildman–Crippen MR) is 92.8 cm³/mol. The minimum Gasteiger partial charge on any atom is -0.493 e. The van der Waals surface area contributed by atoms with Crippen molar-refractivity contribution in [1.82, 2.24) is 14.9 Å². The lowest BCUT2D eigenvalue weighted by atomic mass is 9.97. The summed E-state index contributed by atoms with van der Waals surface area (Å²) < 4.78 is 6.69. The van der Waals surface area contributed by atoms with Crippen molar-refractivity contribution < 1.29 is 9.53 Å². The van der Waals surface area contributed by atoms with Crippen LogP contribution in [0, 0.1) is 5.92 Å². The van der Waals surface area contributed by atoms with Crippen LogP contribution in [0.15, 0.2) is 40.1 Å². The number of fused-ring (bicyclic) bond motifs is 1. The number of amides is 1. The summed E-state index contributed by atoms with van der Waals surface area (Å²) in [6.07, 6.45) is 2.95. The molecule has 2 heterocycles. The summed E-state index contributed by atoms with van der Waals surface area (Å²) in [5.74, 6) is 0.960. The number of benzene rings is 1. The predicted octanol–water partition coefficient (Wildman–Crippen LogP) is 0.374. The third-order valence-corrected chi connectivity index (χ3v) is 4.46. The maximum Gasteiger partial charge on any atom is 0.328 e. The zero-order valence-corrected chi connectivity index (χ0v) is 14.1. The van der Waals surface area contributed by atoms with Gasteiger partial charge >= 0.3 is 5.69 Å². The maximum absolute atomic E-state index is 12.2. The number of nitrogens with zero attached hydrogens (tertiary/aromatic N) is 1. The van der Waals surface area contributed by atoms with Crippen molar-refractivity contribution in [3.8, 4) is 5.75 Å². The van der Waals surface area contributed by atoms with Crippen LogP contribution in [0.2, 0.25) is 0 Å². The van der Waals surface area contributed by atoms with Crippen LogP contribution in [0.1, 0.15) is 17.5 Å². The Morgan fingerprint density at radius 3 is 3.00 bits per heavy atom. The standard InChI is InChI=1S/C18H21N3O4/c1-21-17(23)14(11-20-18(21)24)9-16(22)19-10-12-6-7-25-15-5-3-2-4-13(15)8-12/h2-5,11-12H,6-10H2,1H3,(H,19,22)(H,20,24). The second-order valence-electron chi connectivity index (χ2n) is 6.28. The van der Waals surface area contributed by atoms with Gasteiger partial charge in [0.1, 0.15) is 5.75 Å². The van der Waals surface area contributed by atoms with Gasteiger partial charge in [-0.1, -0.05) is 18.2 Å². The largest absolute Gasteiger partial charge is 0.493 e. The molecule has 0 fully saturated rings. The summed E-state index contributed by atoms with van der Waals surface area (Å²) in [6.45, 7) is 1.15. The Hall–Kier alpha value is -2.83. The SMILES string of the molecule is Cn1c(=O)[nH]cc(CC(=O)NCC2CCOc3ccccc3C2)c1=O. The van der Waals surface area contributed by atoms with E-state index in [1.54, 1.807) is 0 Å². The highest BCUT2D eigenvalue weighted by Crippen LogP contribution is 2.26. The number of ether oxygens (including phenoxy) is 1. The van der Waals surface area contributed by atoms with Crippen LogP contribution in [0.25, 0.3) is 0 Å². The number of aromatic nitrogens is 2. The van der Waals surface area contributed by atoms with E-state index in [-0.39, 0.29) is 23.8 Å². The fourth-order valence-corrected chi connectivity index (χ4v) is 2.97. The van der Waals surface area contributed by atoms with Crippen LogP contribution in [0.4, 0.5) is 0 Å². The molecule has 0 saturated carbocycles. The number of carbonyl (C=O) groups is 1. The van der Waals surface area contributed by atoms with Gasteiger partial charge < -0.3 is 15.0 Å². The molecule has 7 heteroatoms. The highest BCUT2D eigenvalue weighted by Gasteiger charge is 2.18. The van der Waals surface area contributed by atoms with Gasteiger partial charge in [0.2, 0.25) is 5.91 Å². The molecule has 0 spiro atoms. The molecule has 1 amide bonds. The first-order valence-electron chi connectivity index (χ1n) is 8.29. The molecule has 2 N–H and O–H groups in total. The zero-order chi connectivity index (χ0) is 17.8. The van der Waals surface area contributed by atoms with E-state index in [9.17, 15) is 14.4 Å². The quantitative estimate of drug-likeness (QED) is 0.839. The van der Waals surface area contributed by atoms with Gasteiger partial charge in [-0.2, -0.15) is 0 Å². The first kappa shape index (κ1) is 17.0. The van der Waals surface area contributed by atoms with Crippen LogP contribution in [0.5, 0.6) is 5.75 Å². The Bertz CT molecular complexity index is 884. The number of carbonyl (C=O) groups excluding carboxylic acids is 1. The molecule has 0 saturated heterocycles. The second-order valence-corrected chi connectivity index (χ2v) is 6.28. The Kier molecular flexibility index (Phi) is 5.02. The molecule has 1 aliphatic heterocycles. The van der Waals surface area contributed by atoms with Crippen LogP contribution in [-0.4, -0.2) is 28.6 Å². The Labute approximate surface area is 144 Å². The summed E-state index contributed by atoms with van der Waals surface area (Å²) >= 11 is 0. The molecule has 1 aromatic heterocycles. The Balaban J connectivity index is 1.59. The van der Waals surface area contributed by atoms with Gasteiger partial charge in [-0.15, -0.1) is 0 Å². The van der Waals surface area contributed by atoms with E-state index in [0.717, 1.165) is 28.7 Å². The van der Waals surface area contributed by atoms with Crippen LogP contribution in [-0.2, 0) is 24.7 Å². The van der Waals surface area contributed by atoms with Crippen molar-refractivity contribution in [2.75, 3.05) is 13.2 Å². The molecule has 25 heavy (non-hydrogen) atoms. The molecule has 1 atom stereocenters. The highest BCUT2D eigenvalue weighted by molar-refractivity contribution is 5.78. The van der Waals surface area contributed by atoms with Crippen molar-refractivity contribution >= 4 is 5.91 Å². The molecule has 0 aliphatic carbocycles. The third kappa shape index (κ3) is 3.99. The van der Waals surface area contributed by atoms with Gasteiger partial charge in [0.25, 0.3) is 5.56 Å². The van der Waals surface area contributed by atoms with E-state index in [0.29, 0.717) is 13.2 Å². The van der Waals surface area contributed by atoms with Crippen LogP contribution in [0.3, 0.4) is 0 Å². The number of H-pyrrole nitrogens is 1. The number of nitrogens with one attached hydrogen (secondary N) is 2. The van der Waals surface area contributed by atoms with Crippen molar-refractivity contribution in [2.24, 2.45) is 13.0 Å². The first-order valence-corrected chi connectivity index (χ1v) is 8.29. The van der Waals surface area contributed by atoms with Gasteiger partial charge in [0, 0.05) is 25.4 Å². The minimum atomic E-state index is -0.494. The summed E-state index contributed by atoms with van der Waals surface area (Å²) in [5, 5.41) is 2.89. The van der Waals surface area contributed by atoms with Crippen LogP contribution < -0.4 is 21.3 Å². The molecule has 0 bridgehead atoms. The molecule has 2 aromatic rings. The van der Waals surface area contributed by atoms with E-state index in [2.05, 4.69) is 10.3 Å². The van der Waals surface area contributed by atoms with Gasteiger partial charge in [-0.25, -0.2) is 4.79 Å². The normalized spacial score (nSPS) is 16.4. The van der Waals surface area contributed by atoms with Gasteiger partial charge in [-0.3, -0.25) is 14.2 Å². The van der Waals surface area contributed by atoms with Gasteiger partial charge in [-0.05, 0) is 30.4 Å². The number of rotatable bonds is 4. The fraction of sp³-hybridized carbons (Fsp3) is 0.389. The van der Waals surface area contributed by atoms with Crippen molar-refractivity contribution in [1.29, 1.82) is 0 Å². The second kappa shape index (κ2) is 7.38. The summed E-state index contributed by atoms with van der Waals surface area (Å²) in [6, 6.07) is 7.93. The maximum atomic E-state index is 12.2. The van der Waals surface area contributed by atoms with Crippen LogP contribution >= 0.6 is 0 Å². The molecular formula is C18H21N3O4. The number of hydrogen-bond acceptors (Lipinski definition) is 4. The number of aromatic amines is 1. The minimum absolute atomic E-state index is 0.0523. The Morgan fingerprint density at radius 2 is 2.16 bits per heavy atom. The van der Waals surface area contributed by atoms with Crippen molar-refractivity contribution in [3.63, 3.8) is 0 Å². The lowest BCUT2D eigenvalue weighted by Crippen LogP contribution is -2.37. The lowest BCUT2D eigenvalue weighted by Gasteiger charge is -2.14. The summed E-state index contributed by atoms with van der Waals surface area (Å²) in [5.41, 5.74) is 0.477.